The Morgan fingerprint density at radius 1 is 1.00 bits per heavy atom. The number of aryl methyl sites for hydroxylation is 1. The SMILES string of the molecule is COC(=O)C1OC(c2ccccc2)OC1c1ccccc1C. The molecule has 22 heavy (non-hydrogen) atoms. The van der Waals surface area contributed by atoms with Gasteiger partial charge in [-0.2, -0.15) is 0 Å². The fraction of sp³-hybridized carbons (Fsp3) is 0.278. The molecule has 0 aromatic heterocycles. The van der Waals surface area contributed by atoms with Crippen LogP contribution in [0.3, 0.4) is 0 Å². The number of rotatable bonds is 3. The van der Waals surface area contributed by atoms with E-state index >= 15 is 0 Å². The van der Waals surface area contributed by atoms with Gasteiger partial charge in [-0.25, -0.2) is 4.79 Å². The van der Waals surface area contributed by atoms with Gasteiger partial charge in [0, 0.05) is 5.56 Å². The van der Waals surface area contributed by atoms with Crippen LogP contribution < -0.4 is 0 Å². The van der Waals surface area contributed by atoms with Gasteiger partial charge in [0.05, 0.1) is 7.11 Å². The number of methoxy groups -OCH3 is 1. The number of carbonyl (C=O) groups is 1. The first-order chi connectivity index (χ1) is 10.7. The lowest BCUT2D eigenvalue weighted by Gasteiger charge is -2.16. The summed E-state index contributed by atoms with van der Waals surface area (Å²) >= 11 is 0. The molecule has 1 fully saturated rings. The number of hydrogen-bond donors (Lipinski definition) is 0. The maximum atomic E-state index is 12.1. The number of carbonyl (C=O) groups excluding carboxylic acids is 1. The maximum absolute atomic E-state index is 12.1. The van der Waals surface area contributed by atoms with Crippen LogP contribution in [0.2, 0.25) is 0 Å². The van der Waals surface area contributed by atoms with Crippen LogP contribution >= 0.6 is 0 Å². The smallest absolute Gasteiger partial charge is 0.338 e. The minimum absolute atomic E-state index is 0.424. The van der Waals surface area contributed by atoms with Crippen LogP contribution in [0.25, 0.3) is 0 Å². The molecule has 4 nitrogen and oxygen atoms in total. The van der Waals surface area contributed by atoms with E-state index in [1.165, 1.54) is 7.11 Å². The molecule has 0 N–H and O–H groups in total. The molecule has 0 amide bonds. The van der Waals surface area contributed by atoms with Crippen LogP contribution in [0.4, 0.5) is 0 Å². The molecule has 0 bridgehead atoms. The highest BCUT2D eigenvalue weighted by atomic mass is 16.7. The van der Waals surface area contributed by atoms with Crippen molar-refractivity contribution in [1.29, 1.82) is 0 Å². The Morgan fingerprint density at radius 3 is 2.36 bits per heavy atom. The van der Waals surface area contributed by atoms with Crippen molar-refractivity contribution in [2.75, 3.05) is 7.11 Å². The molecule has 3 rings (SSSR count). The van der Waals surface area contributed by atoms with Crippen molar-refractivity contribution in [2.24, 2.45) is 0 Å². The van der Waals surface area contributed by atoms with Crippen molar-refractivity contribution in [1.82, 2.24) is 0 Å². The van der Waals surface area contributed by atoms with Crippen molar-refractivity contribution < 1.29 is 19.0 Å². The zero-order valence-electron chi connectivity index (χ0n) is 12.6. The van der Waals surface area contributed by atoms with Crippen molar-refractivity contribution in [2.45, 2.75) is 25.4 Å². The van der Waals surface area contributed by atoms with E-state index in [1.807, 2.05) is 61.5 Å². The van der Waals surface area contributed by atoms with Gasteiger partial charge in [0.25, 0.3) is 0 Å². The van der Waals surface area contributed by atoms with Crippen molar-refractivity contribution in [3.8, 4) is 0 Å². The molecule has 0 saturated carbocycles. The average molecular weight is 298 g/mol. The van der Waals surface area contributed by atoms with Gasteiger partial charge in [-0.15, -0.1) is 0 Å². The summed E-state index contributed by atoms with van der Waals surface area (Å²) in [7, 11) is 1.36. The lowest BCUT2D eigenvalue weighted by Crippen LogP contribution is -2.27. The molecule has 2 aromatic rings. The van der Waals surface area contributed by atoms with E-state index in [1.54, 1.807) is 0 Å². The lowest BCUT2D eigenvalue weighted by atomic mass is 10.00. The fourth-order valence-electron chi connectivity index (χ4n) is 2.65. The molecule has 1 aliphatic rings. The largest absolute Gasteiger partial charge is 0.467 e. The zero-order valence-corrected chi connectivity index (χ0v) is 12.6. The molecule has 4 heteroatoms. The number of hydrogen-bond acceptors (Lipinski definition) is 4. The minimum Gasteiger partial charge on any atom is -0.467 e. The zero-order chi connectivity index (χ0) is 15.5. The van der Waals surface area contributed by atoms with Gasteiger partial charge in [0.15, 0.2) is 12.4 Å². The second kappa shape index (κ2) is 6.30. The molecule has 3 unspecified atom stereocenters. The van der Waals surface area contributed by atoms with Gasteiger partial charge in [0.2, 0.25) is 0 Å². The molecule has 1 heterocycles. The number of ether oxygens (including phenoxy) is 3. The normalized spacial score (nSPS) is 24.2. The monoisotopic (exact) mass is 298 g/mol. The predicted molar refractivity (Wildman–Crippen MR) is 81.1 cm³/mol. The summed E-state index contributed by atoms with van der Waals surface area (Å²) in [6.45, 7) is 1.99. The van der Waals surface area contributed by atoms with Gasteiger partial charge in [-0.05, 0) is 18.1 Å². The standard InChI is InChI=1S/C18H18O4/c1-12-8-6-7-11-14(12)15-16(17(19)20-2)22-18(21-15)13-9-4-3-5-10-13/h3-11,15-16,18H,1-2H3. The summed E-state index contributed by atoms with van der Waals surface area (Å²) < 4.78 is 16.7. The lowest BCUT2D eigenvalue weighted by molar-refractivity contribution is -0.154. The van der Waals surface area contributed by atoms with Crippen LogP contribution in [0.5, 0.6) is 0 Å². The predicted octanol–water partition coefficient (Wildman–Crippen LogP) is 3.32. The average Bonchev–Trinajstić information content (AvgIpc) is 3.00. The highest BCUT2D eigenvalue weighted by Crippen LogP contribution is 2.41. The van der Waals surface area contributed by atoms with Gasteiger partial charge >= 0.3 is 5.97 Å². The third-order valence-corrected chi connectivity index (χ3v) is 3.82. The van der Waals surface area contributed by atoms with Gasteiger partial charge in [0.1, 0.15) is 6.10 Å². The second-order valence-electron chi connectivity index (χ2n) is 5.24. The second-order valence-corrected chi connectivity index (χ2v) is 5.24. The molecule has 1 saturated heterocycles. The minimum atomic E-state index is -0.767. The van der Waals surface area contributed by atoms with E-state index in [0.29, 0.717) is 0 Å². The van der Waals surface area contributed by atoms with Crippen molar-refractivity contribution in [3.63, 3.8) is 0 Å². The molecule has 0 spiro atoms. The highest BCUT2D eigenvalue weighted by Gasteiger charge is 2.43. The molecular formula is C18H18O4. The summed E-state index contributed by atoms with van der Waals surface area (Å²) in [6.07, 6.45) is -1.81. The Labute approximate surface area is 129 Å². The summed E-state index contributed by atoms with van der Waals surface area (Å²) in [6, 6.07) is 17.4. The van der Waals surface area contributed by atoms with Gasteiger partial charge in [-0.3, -0.25) is 0 Å². The van der Waals surface area contributed by atoms with Crippen LogP contribution in [-0.4, -0.2) is 19.2 Å². The van der Waals surface area contributed by atoms with E-state index in [2.05, 4.69) is 0 Å². The quantitative estimate of drug-likeness (QED) is 0.815. The topological polar surface area (TPSA) is 44.8 Å². The molecule has 114 valence electrons. The van der Waals surface area contributed by atoms with E-state index < -0.39 is 24.5 Å². The Hall–Kier alpha value is -2.17. The maximum Gasteiger partial charge on any atom is 0.338 e. The summed E-state index contributed by atoms with van der Waals surface area (Å²) in [4.78, 5) is 12.1. The first kappa shape index (κ1) is 14.8. The van der Waals surface area contributed by atoms with E-state index in [4.69, 9.17) is 14.2 Å². The Balaban J connectivity index is 1.93. The third-order valence-electron chi connectivity index (χ3n) is 3.82. The Bertz CT molecular complexity index is 653. The third kappa shape index (κ3) is 2.75. The van der Waals surface area contributed by atoms with E-state index in [0.717, 1.165) is 16.7 Å². The Morgan fingerprint density at radius 2 is 1.68 bits per heavy atom. The molecule has 2 aromatic carbocycles. The van der Waals surface area contributed by atoms with Gasteiger partial charge in [-0.1, -0.05) is 54.6 Å². The summed E-state index contributed by atoms with van der Waals surface area (Å²) in [5, 5.41) is 0. The number of esters is 1. The first-order valence-electron chi connectivity index (χ1n) is 7.20. The highest BCUT2D eigenvalue weighted by molar-refractivity contribution is 5.76. The van der Waals surface area contributed by atoms with Crippen LogP contribution in [-0.2, 0) is 19.0 Å². The molecule has 3 atom stereocenters. The summed E-state index contributed by atoms with van der Waals surface area (Å²) in [5.74, 6) is -0.424. The molecule has 0 aliphatic carbocycles. The molecule has 0 radical (unpaired) electrons. The summed E-state index contributed by atoms with van der Waals surface area (Å²) in [5.41, 5.74) is 2.88. The van der Waals surface area contributed by atoms with Crippen molar-refractivity contribution >= 4 is 5.97 Å². The van der Waals surface area contributed by atoms with E-state index in [-0.39, 0.29) is 0 Å². The number of benzene rings is 2. The van der Waals surface area contributed by atoms with Crippen molar-refractivity contribution in [3.05, 3.63) is 71.3 Å². The van der Waals surface area contributed by atoms with Crippen LogP contribution in [0, 0.1) is 6.92 Å². The van der Waals surface area contributed by atoms with E-state index in [9.17, 15) is 4.79 Å². The first-order valence-corrected chi connectivity index (χ1v) is 7.20. The fourth-order valence-corrected chi connectivity index (χ4v) is 2.65. The molecular weight excluding hydrogens is 280 g/mol. The molecule has 1 aliphatic heterocycles. The van der Waals surface area contributed by atoms with Gasteiger partial charge < -0.3 is 14.2 Å². The Kier molecular flexibility index (Phi) is 4.22. The van der Waals surface area contributed by atoms with Crippen LogP contribution in [0.15, 0.2) is 54.6 Å². The van der Waals surface area contributed by atoms with Crippen LogP contribution in [0.1, 0.15) is 29.1 Å².